The molecule has 174 valence electrons. The first-order valence-electron chi connectivity index (χ1n) is 10.6. The lowest BCUT2D eigenvalue weighted by Gasteiger charge is -2.10. The van der Waals surface area contributed by atoms with Crippen LogP contribution in [0.3, 0.4) is 0 Å². The summed E-state index contributed by atoms with van der Waals surface area (Å²) in [5.74, 6) is 0.476. The molecule has 0 aliphatic carbocycles. The summed E-state index contributed by atoms with van der Waals surface area (Å²) in [4.78, 5) is 19.2. The van der Waals surface area contributed by atoms with Crippen LogP contribution in [0.5, 0.6) is 5.75 Å². The van der Waals surface area contributed by atoms with E-state index >= 15 is 0 Å². The van der Waals surface area contributed by atoms with Gasteiger partial charge in [0.25, 0.3) is 5.91 Å². The van der Waals surface area contributed by atoms with Crippen LogP contribution in [-0.2, 0) is 0 Å². The third-order valence-electron chi connectivity index (χ3n) is 5.57. The maximum absolute atomic E-state index is 13.2. The predicted octanol–water partition coefficient (Wildman–Crippen LogP) is 7.89. The molecule has 2 aromatic heterocycles. The van der Waals surface area contributed by atoms with Crippen molar-refractivity contribution in [1.29, 1.82) is 0 Å². The molecule has 5 rings (SSSR count). The number of fused-ring (bicyclic) bond motifs is 1. The summed E-state index contributed by atoms with van der Waals surface area (Å²) < 4.78 is 6.07. The zero-order chi connectivity index (χ0) is 24.5. The van der Waals surface area contributed by atoms with Gasteiger partial charge in [0.15, 0.2) is 0 Å². The number of nitrogens with two attached hydrogens (primary N) is 1. The summed E-state index contributed by atoms with van der Waals surface area (Å²) in [7, 11) is 1.63. The molecule has 8 heteroatoms. The minimum atomic E-state index is -0.287. The van der Waals surface area contributed by atoms with E-state index in [0.29, 0.717) is 26.1 Å². The highest BCUT2D eigenvalue weighted by atomic mass is 79.9. The second-order valence-electron chi connectivity index (χ2n) is 7.75. The first-order chi connectivity index (χ1) is 16.9. The number of nitrogen functional groups attached to an aromatic ring is 1. The number of amides is 1. The molecule has 35 heavy (non-hydrogen) atoms. The summed E-state index contributed by atoms with van der Waals surface area (Å²) in [6.45, 7) is 0. The van der Waals surface area contributed by atoms with E-state index in [4.69, 9.17) is 27.1 Å². The average molecular weight is 565 g/mol. The monoisotopic (exact) mass is 563 g/mol. The van der Waals surface area contributed by atoms with Gasteiger partial charge in [-0.1, -0.05) is 35.9 Å². The highest BCUT2D eigenvalue weighted by Gasteiger charge is 2.22. The summed E-state index contributed by atoms with van der Waals surface area (Å²) in [5, 5.41) is 4.32. The second-order valence-corrected chi connectivity index (χ2v) is 10.0. The van der Waals surface area contributed by atoms with Gasteiger partial charge in [-0.3, -0.25) is 4.79 Å². The zero-order valence-corrected chi connectivity index (χ0v) is 21.7. The number of ether oxygens (including phenoxy) is 1. The van der Waals surface area contributed by atoms with Crippen LogP contribution in [0.15, 0.2) is 83.3 Å². The fraction of sp³-hybridized carbons (Fsp3) is 0.0370. The zero-order valence-electron chi connectivity index (χ0n) is 18.5. The van der Waals surface area contributed by atoms with Gasteiger partial charge in [0, 0.05) is 20.4 Å². The molecule has 0 saturated heterocycles. The predicted molar refractivity (Wildman–Crippen MR) is 149 cm³/mol. The molecule has 0 fully saturated rings. The fourth-order valence-electron chi connectivity index (χ4n) is 3.80. The van der Waals surface area contributed by atoms with Crippen molar-refractivity contribution >= 4 is 66.4 Å². The molecular formula is C27H19BrClN3O2S. The van der Waals surface area contributed by atoms with E-state index in [9.17, 15) is 4.79 Å². The Morgan fingerprint density at radius 1 is 1.03 bits per heavy atom. The van der Waals surface area contributed by atoms with E-state index in [-0.39, 0.29) is 5.91 Å². The van der Waals surface area contributed by atoms with Gasteiger partial charge in [0.05, 0.1) is 24.2 Å². The average Bonchev–Trinajstić information content (AvgIpc) is 3.22. The standard InChI is InChI=1S/C27H19BrClN3O2S/c1-34-18-12-8-16(9-13-18)22-14-19(15-6-10-17(29)11-7-15)23-24(30)25(35-27(23)32-22)26(33)31-21-5-3-2-4-20(21)28/h2-14H,30H2,1H3,(H,31,33). The summed E-state index contributed by atoms with van der Waals surface area (Å²) in [6, 6.07) is 24.7. The maximum Gasteiger partial charge on any atom is 0.267 e. The fourth-order valence-corrected chi connectivity index (χ4v) is 5.32. The minimum absolute atomic E-state index is 0.287. The van der Waals surface area contributed by atoms with Crippen molar-refractivity contribution in [2.45, 2.75) is 0 Å². The van der Waals surface area contributed by atoms with Gasteiger partial charge in [0.1, 0.15) is 15.5 Å². The van der Waals surface area contributed by atoms with E-state index in [1.807, 2.05) is 78.9 Å². The van der Waals surface area contributed by atoms with Crippen molar-refractivity contribution in [3.8, 4) is 28.1 Å². The van der Waals surface area contributed by atoms with Gasteiger partial charge in [0.2, 0.25) is 0 Å². The van der Waals surface area contributed by atoms with Gasteiger partial charge < -0.3 is 15.8 Å². The highest BCUT2D eigenvalue weighted by molar-refractivity contribution is 9.10. The molecule has 1 amide bonds. The Bertz CT molecular complexity index is 1550. The van der Waals surface area contributed by atoms with Crippen molar-refractivity contribution in [3.63, 3.8) is 0 Å². The third-order valence-corrected chi connectivity index (χ3v) is 7.61. The van der Waals surface area contributed by atoms with Crippen LogP contribution in [0, 0.1) is 0 Å². The quantitative estimate of drug-likeness (QED) is 0.228. The van der Waals surface area contributed by atoms with Crippen molar-refractivity contribution in [2.24, 2.45) is 0 Å². The normalized spacial score (nSPS) is 10.9. The number of methoxy groups -OCH3 is 1. The second kappa shape index (κ2) is 9.70. The topological polar surface area (TPSA) is 77.2 Å². The number of rotatable bonds is 5. The Morgan fingerprint density at radius 3 is 2.40 bits per heavy atom. The number of carbonyl (C=O) groups is 1. The lowest BCUT2D eigenvalue weighted by Crippen LogP contribution is -2.12. The van der Waals surface area contributed by atoms with Crippen LogP contribution in [0.1, 0.15) is 9.67 Å². The molecule has 3 N–H and O–H groups in total. The number of hydrogen-bond donors (Lipinski definition) is 2. The number of nitrogens with one attached hydrogen (secondary N) is 1. The van der Waals surface area contributed by atoms with Gasteiger partial charge in [-0.05, 0) is 81.7 Å². The van der Waals surface area contributed by atoms with Crippen LogP contribution < -0.4 is 15.8 Å². The molecule has 0 spiro atoms. The molecule has 0 bridgehead atoms. The largest absolute Gasteiger partial charge is 0.497 e. The van der Waals surface area contributed by atoms with Gasteiger partial charge in [-0.25, -0.2) is 4.98 Å². The number of carbonyl (C=O) groups excluding carboxylic acids is 1. The molecule has 2 heterocycles. The third kappa shape index (κ3) is 4.62. The summed E-state index contributed by atoms with van der Waals surface area (Å²) >= 11 is 10.9. The first-order valence-corrected chi connectivity index (χ1v) is 12.6. The number of anilines is 2. The van der Waals surface area contributed by atoms with Crippen LogP contribution in [-0.4, -0.2) is 18.0 Å². The lowest BCUT2D eigenvalue weighted by atomic mass is 9.99. The van der Waals surface area contributed by atoms with Crippen molar-refractivity contribution in [2.75, 3.05) is 18.2 Å². The summed E-state index contributed by atoms with van der Waals surface area (Å²) in [5.41, 5.74) is 11.1. The van der Waals surface area contributed by atoms with E-state index < -0.39 is 0 Å². The molecule has 3 aromatic carbocycles. The lowest BCUT2D eigenvalue weighted by molar-refractivity contribution is 0.103. The van der Waals surface area contributed by atoms with Crippen LogP contribution in [0.25, 0.3) is 32.6 Å². The smallest absolute Gasteiger partial charge is 0.267 e. The number of para-hydroxylation sites is 1. The van der Waals surface area contributed by atoms with Crippen LogP contribution in [0.2, 0.25) is 5.02 Å². The Labute approximate surface area is 219 Å². The molecule has 5 aromatic rings. The van der Waals surface area contributed by atoms with E-state index in [1.165, 1.54) is 11.3 Å². The van der Waals surface area contributed by atoms with E-state index in [0.717, 1.165) is 38.0 Å². The molecular weight excluding hydrogens is 546 g/mol. The van der Waals surface area contributed by atoms with E-state index in [1.54, 1.807) is 7.11 Å². The first kappa shape index (κ1) is 23.4. The van der Waals surface area contributed by atoms with E-state index in [2.05, 4.69) is 21.2 Å². The molecule has 0 atom stereocenters. The number of pyridine rings is 1. The van der Waals surface area contributed by atoms with Crippen molar-refractivity contribution in [3.05, 3.63) is 93.2 Å². The number of hydrogen-bond acceptors (Lipinski definition) is 5. The number of benzene rings is 3. The summed E-state index contributed by atoms with van der Waals surface area (Å²) in [6.07, 6.45) is 0. The van der Waals surface area contributed by atoms with Gasteiger partial charge in [-0.2, -0.15) is 0 Å². The van der Waals surface area contributed by atoms with Crippen molar-refractivity contribution in [1.82, 2.24) is 4.98 Å². The Kier molecular flexibility index (Phi) is 6.47. The Balaban J connectivity index is 1.67. The molecule has 0 aliphatic heterocycles. The minimum Gasteiger partial charge on any atom is -0.497 e. The molecule has 5 nitrogen and oxygen atoms in total. The van der Waals surface area contributed by atoms with Crippen LogP contribution >= 0.6 is 38.9 Å². The highest BCUT2D eigenvalue weighted by Crippen LogP contribution is 2.42. The van der Waals surface area contributed by atoms with Crippen LogP contribution in [0.4, 0.5) is 11.4 Å². The number of halogens is 2. The molecule has 0 unspecified atom stereocenters. The molecule has 0 radical (unpaired) electrons. The SMILES string of the molecule is COc1ccc(-c2cc(-c3ccc(Cl)cc3)c3c(N)c(C(=O)Nc4ccccc4Br)sc3n2)cc1. The number of aromatic nitrogens is 1. The molecule has 0 saturated carbocycles. The van der Waals surface area contributed by atoms with Crippen molar-refractivity contribution < 1.29 is 9.53 Å². The molecule has 0 aliphatic rings. The number of nitrogens with zero attached hydrogens (tertiary/aromatic N) is 1. The Hall–Kier alpha value is -3.39. The number of thiophene rings is 1. The van der Waals surface area contributed by atoms with Gasteiger partial charge >= 0.3 is 0 Å². The maximum atomic E-state index is 13.2. The van der Waals surface area contributed by atoms with Gasteiger partial charge in [-0.15, -0.1) is 11.3 Å². The Morgan fingerprint density at radius 2 is 1.71 bits per heavy atom.